The minimum atomic E-state index is -0.409. The number of aromatic nitrogens is 6. The number of hydrogen-bond acceptors (Lipinski definition) is 8. The van der Waals surface area contributed by atoms with Gasteiger partial charge in [0, 0.05) is 19.5 Å². The molecule has 0 amide bonds. The van der Waals surface area contributed by atoms with E-state index in [9.17, 15) is 9.59 Å². The highest BCUT2D eigenvalue weighted by molar-refractivity contribution is 7.99. The van der Waals surface area contributed by atoms with Crippen LogP contribution in [0.2, 0.25) is 0 Å². The molecule has 156 valence electrons. The summed E-state index contributed by atoms with van der Waals surface area (Å²) in [5.74, 6) is 1.97. The quantitative estimate of drug-likeness (QED) is 0.444. The summed E-state index contributed by atoms with van der Waals surface area (Å²) in [5, 5.41) is 4.62. The summed E-state index contributed by atoms with van der Waals surface area (Å²) in [5.41, 5.74) is -0.424. The van der Waals surface area contributed by atoms with Crippen LogP contribution in [0.4, 0.5) is 0 Å². The zero-order valence-corrected chi connectivity index (χ0v) is 18.6. The van der Waals surface area contributed by atoms with Crippen molar-refractivity contribution in [1.29, 1.82) is 0 Å². The largest absolute Gasteiger partial charge is 0.338 e. The first kappa shape index (κ1) is 21.2. The number of rotatable bonds is 6. The van der Waals surface area contributed by atoms with Gasteiger partial charge >= 0.3 is 5.69 Å². The van der Waals surface area contributed by atoms with Gasteiger partial charge in [0.25, 0.3) is 5.56 Å². The second-order valence-electron chi connectivity index (χ2n) is 7.83. The molecule has 3 aromatic heterocycles. The van der Waals surface area contributed by atoms with Crippen molar-refractivity contribution in [2.24, 2.45) is 13.0 Å². The van der Waals surface area contributed by atoms with Crippen LogP contribution in [0.5, 0.6) is 0 Å². The molecule has 0 aliphatic rings. The van der Waals surface area contributed by atoms with E-state index in [0.29, 0.717) is 40.1 Å². The molecule has 9 nitrogen and oxygen atoms in total. The molecule has 1 atom stereocenters. The molecular formula is C19H26N6O3S. The van der Waals surface area contributed by atoms with Crippen molar-refractivity contribution in [2.45, 2.75) is 64.3 Å². The second-order valence-corrected chi connectivity index (χ2v) is 9.16. The van der Waals surface area contributed by atoms with Gasteiger partial charge in [-0.3, -0.25) is 13.9 Å². The smallest absolute Gasteiger partial charge is 0.332 e. The van der Waals surface area contributed by atoms with Crippen molar-refractivity contribution in [2.75, 3.05) is 0 Å². The highest BCUT2D eigenvalue weighted by Gasteiger charge is 2.23. The lowest BCUT2D eigenvalue weighted by atomic mass is 10.2. The van der Waals surface area contributed by atoms with E-state index in [1.807, 2.05) is 34.6 Å². The van der Waals surface area contributed by atoms with E-state index in [4.69, 9.17) is 4.52 Å². The van der Waals surface area contributed by atoms with E-state index >= 15 is 0 Å². The highest BCUT2D eigenvalue weighted by atomic mass is 32.2. The SMILES string of the molecule is Cc1nc(S[C@H](C)c2nc(C(C)C)no2)c2c(=O)n(C)c(=O)n(CC(C)C)c2n1. The molecule has 29 heavy (non-hydrogen) atoms. The number of thioether (sulfide) groups is 1. The molecule has 0 aliphatic carbocycles. The number of fused-ring (bicyclic) bond motifs is 1. The molecule has 0 N–H and O–H groups in total. The Kier molecular flexibility index (Phi) is 5.92. The molecule has 3 heterocycles. The Morgan fingerprint density at radius 1 is 1.07 bits per heavy atom. The molecule has 10 heteroatoms. The average molecular weight is 419 g/mol. The summed E-state index contributed by atoms with van der Waals surface area (Å²) in [7, 11) is 1.48. The van der Waals surface area contributed by atoms with E-state index in [1.165, 1.54) is 18.8 Å². The Morgan fingerprint density at radius 2 is 1.76 bits per heavy atom. The molecule has 0 unspecified atom stereocenters. The molecular weight excluding hydrogens is 392 g/mol. The fourth-order valence-corrected chi connectivity index (χ4v) is 3.93. The molecule has 0 spiro atoms. The van der Waals surface area contributed by atoms with Crippen molar-refractivity contribution in [3.8, 4) is 0 Å². The molecule has 0 radical (unpaired) electrons. The van der Waals surface area contributed by atoms with Crippen LogP contribution < -0.4 is 11.2 Å². The first-order valence-electron chi connectivity index (χ1n) is 9.58. The Balaban J connectivity index is 2.16. The van der Waals surface area contributed by atoms with Crippen molar-refractivity contribution >= 4 is 22.8 Å². The molecule has 3 rings (SSSR count). The van der Waals surface area contributed by atoms with E-state index in [1.54, 1.807) is 11.5 Å². The Labute approximate surface area is 172 Å². The monoisotopic (exact) mass is 418 g/mol. The van der Waals surface area contributed by atoms with Gasteiger partial charge in [-0.15, -0.1) is 0 Å². The van der Waals surface area contributed by atoms with Crippen LogP contribution in [0.1, 0.15) is 63.3 Å². The normalized spacial score (nSPS) is 13.0. The predicted molar refractivity (Wildman–Crippen MR) is 111 cm³/mol. The maximum Gasteiger partial charge on any atom is 0.332 e. The van der Waals surface area contributed by atoms with E-state index in [2.05, 4.69) is 20.1 Å². The lowest BCUT2D eigenvalue weighted by molar-refractivity contribution is 0.373. The van der Waals surface area contributed by atoms with Gasteiger partial charge in [-0.1, -0.05) is 44.6 Å². The third-order valence-electron chi connectivity index (χ3n) is 4.42. The van der Waals surface area contributed by atoms with Crippen molar-refractivity contribution in [3.63, 3.8) is 0 Å². The molecule has 0 bridgehead atoms. The summed E-state index contributed by atoms with van der Waals surface area (Å²) in [6, 6.07) is 0. The minimum Gasteiger partial charge on any atom is -0.338 e. The van der Waals surface area contributed by atoms with Gasteiger partial charge in [-0.2, -0.15) is 4.98 Å². The van der Waals surface area contributed by atoms with E-state index in [-0.39, 0.29) is 22.8 Å². The van der Waals surface area contributed by atoms with Crippen molar-refractivity contribution < 1.29 is 4.52 Å². The van der Waals surface area contributed by atoms with Crippen LogP contribution in [0.15, 0.2) is 19.1 Å². The fourth-order valence-electron chi connectivity index (χ4n) is 2.92. The van der Waals surface area contributed by atoms with E-state index in [0.717, 1.165) is 4.57 Å². The first-order valence-corrected chi connectivity index (χ1v) is 10.5. The van der Waals surface area contributed by atoms with Crippen LogP contribution >= 0.6 is 11.8 Å². The zero-order chi connectivity index (χ0) is 21.5. The van der Waals surface area contributed by atoms with Gasteiger partial charge in [-0.25, -0.2) is 14.8 Å². The molecule has 0 aromatic carbocycles. The molecule has 0 saturated heterocycles. The predicted octanol–water partition coefficient (Wildman–Crippen LogP) is 2.81. The summed E-state index contributed by atoms with van der Waals surface area (Å²) in [6.07, 6.45) is 0. The van der Waals surface area contributed by atoms with Crippen LogP contribution in [0, 0.1) is 12.8 Å². The van der Waals surface area contributed by atoms with Gasteiger partial charge in [0.15, 0.2) is 11.5 Å². The maximum absolute atomic E-state index is 12.9. The third-order valence-corrected chi connectivity index (χ3v) is 5.49. The van der Waals surface area contributed by atoms with Crippen LogP contribution in [-0.4, -0.2) is 29.2 Å². The number of nitrogens with zero attached hydrogens (tertiary/aromatic N) is 6. The highest BCUT2D eigenvalue weighted by Crippen LogP contribution is 2.35. The molecule has 0 saturated carbocycles. The summed E-state index contributed by atoms with van der Waals surface area (Å²) in [6.45, 7) is 12.1. The Bertz CT molecular complexity index is 1160. The van der Waals surface area contributed by atoms with Gasteiger partial charge in [0.1, 0.15) is 16.2 Å². The van der Waals surface area contributed by atoms with Gasteiger partial charge < -0.3 is 4.52 Å². The Hall–Kier alpha value is -2.49. The fraction of sp³-hybridized carbons (Fsp3) is 0.579. The van der Waals surface area contributed by atoms with E-state index < -0.39 is 5.56 Å². The number of hydrogen-bond donors (Lipinski definition) is 0. The second kappa shape index (κ2) is 8.10. The Morgan fingerprint density at radius 3 is 2.34 bits per heavy atom. The first-order chi connectivity index (χ1) is 13.6. The standard InChI is InChI=1S/C19H26N6O3S/c1-9(2)8-25-15-13(18(26)24(7)19(25)27)17(21-12(6)20-15)29-11(5)16-22-14(10(3)4)23-28-16/h9-11H,8H2,1-7H3/t11-/m1/s1. The minimum absolute atomic E-state index is 0.157. The maximum atomic E-state index is 12.9. The van der Waals surface area contributed by atoms with Gasteiger partial charge in [-0.05, 0) is 19.8 Å². The van der Waals surface area contributed by atoms with Gasteiger partial charge in [0.05, 0.1) is 5.25 Å². The van der Waals surface area contributed by atoms with Gasteiger partial charge in [0.2, 0.25) is 5.89 Å². The van der Waals surface area contributed by atoms with Crippen LogP contribution in [-0.2, 0) is 13.6 Å². The topological polar surface area (TPSA) is 109 Å². The summed E-state index contributed by atoms with van der Waals surface area (Å²) in [4.78, 5) is 39.0. The molecule has 0 fully saturated rings. The summed E-state index contributed by atoms with van der Waals surface area (Å²) < 4.78 is 8.05. The number of aryl methyl sites for hydroxylation is 1. The lowest BCUT2D eigenvalue weighted by Gasteiger charge is -2.15. The van der Waals surface area contributed by atoms with Crippen LogP contribution in [0.3, 0.4) is 0 Å². The van der Waals surface area contributed by atoms with Crippen LogP contribution in [0.25, 0.3) is 11.0 Å². The molecule has 3 aromatic rings. The molecule has 0 aliphatic heterocycles. The average Bonchev–Trinajstić information content (AvgIpc) is 3.13. The zero-order valence-electron chi connectivity index (χ0n) is 17.8. The lowest BCUT2D eigenvalue weighted by Crippen LogP contribution is -2.39. The summed E-state index contributed by atoms with van der Waals surface area (Å²) >= 11 is 1.35. The van der Waals surface area contributed by atoms with Crippen molar-refractivity contribution in [3.05, 3.63) is 38.4 Å². The third kappa shape index (κ3) is 4.12. The van der Waals surface area contributed by atoms with Crippen molar-refractivity contribution in [1.82, 2.24) is 29.2 Å².